The lowest BCUT2D eigenvalue weighted by Gasteiger charge is -2.26. The van der Waals surface area contributed by atoms with Gasteiger partial charge in [-0.3, -0.25) is 14.9 Å². The minimum Gasteiger partial charge on any atom is -0.508 e. The molecular weight excluding hydrogens is 412 g/mol. The number of urea groups is 1. The number of amides is 4. The molecule has 1 aliphatic rings. The van der Waals surface area contributed by atoms with Gasteiger partial charge in [-0.25, -0.2) is 9.69 Å². The van der Waals surface area contributed by atoms with Gasteiger partial charge in [-0.2, -0.15) is 0 Å². The van der Waals surface area contributed by atoms with Crippen molar-refractivity contribution in [3.8, 4) is 17.2 Å². The average molecular weight is 429 g/mol. The lowest BCUT2D eigenvalue weighted by atomic mass is 10.1. The predicted molar refractivity (Wildman–Crippen MR) is 111 cm³/mol. The number of rotatable bonds is 6. The van der Waals surface area contributed by atoms with Crippen LogP contribution in [0.3, 0.4) is 0 Å². The Bertz CT molecular complexity index is 1060. The van der Waals surface area contributed by atoms with E-state index in [4.69, 9.17) is 21.1 Å². The zero-order valence-electron chi connectivity index (χ0n) is 15.8. The Morgan fingerprint density at radius 3 is 2.53 bits per heavy atom. The van der Waals surface area contributed by atoms with Crippen molar-refractivity contribution in [3.63, 3.8) is 0 Å². The lowest BCUT2D eigenvalue weighted by Crippen LogP contribution is -2.54. The maximum absolute atomic E-state index is 12.9. The van der Waals surface area contributed by atoms with Crippen molar-refractivity contribution in [1.82, 2.24) is 5.32 Å². The largest absolute Gasteiger partial charge is 0.508 e. The summed E-state index contributed by atoms with van der Waals surface area (Å²) >= 11 is 6.26. The summed E-state index contributed by atoms with van der Waals surface area (Å²) in [5.74, 6) is -1.11. The van der Waals surface area contributed by atoms with Crippen LogP contribution in [0.2, 0.25) is 5.02 Å². The number of phenolic OH excluding ortho intramolecular Hbond substituents is 1. The van der Waals surface area contributed by atoms with E-state index in [1.807, 2.05) is 0 Å². The number of benzene rings is 2. The van der Waals surface area contributed by atoms with Gasteiger partial charge in [0.15, 0.2) is 11.5 Å². The van der Waals surface area contributed by atoms with E-state index in [0.29, 0.717) is 17.1 Å². The summed E-state index contributed by atoms with van der Waals surface area (Å²) in [4.78, 5) is 38.2. The molecule has 4 amide bonds. The van der Waals surface area contributed by atoms with Crippen LogP contribution in [-0.4, -0.2) is 36.7 Å². The number of aromatic hydroxyl groups is 1. The van der Waals surface area contributed by atoms with Gasteiger partial charge in [0.05, 0.1) is 17.8 Å². The van der Waals surface area contributed by atoms with E-state index >= 15 is 0 Å². The fraction of sp³-hybridized carbons (Fsp3) is 0.0952. The van der Waals surface area contributed by atoms with Crippen LogP contribution in [0, 0.1) is 0 Å². The molecule has 0 unspecified atom stereocenters. The number of nitrogens with one attached hydrogen (secondary N) is 1. The van der Waals surface area contributed by atoms with Crippen molar-refractivity contribution < 1.29 is 29.0 Å². The minimum absolute atomic E-state index is 0.0315. The van der Waals surface area contributed by atoms with Crippen LogP contribution in [-0.2, 0) is 9.59 Å². The summed E-state index contributed by atoms with van der Waals surface area (Å²) in [5, 5.41) is 11.7. The third-order valence-electron chi connectivity index (χ3n) is 4.12. The Morgan fingerprint density at radius 2 is 1.90 bits per heavy atom. The van der Waals surface area contributed by atoms with Crippen LogP contribution < -0.4 is 19.7 Å². The van der Waals surface area contributed by atoms with Gasteiger partial charge in [0.25, 0.3) is 11.8 Å². The van der Waals surface area contributed by atoms with E-state index in [1.165, 1.54) is 43.5 Å². The number of barbiturate groups is 1. The second kappa shape index (κ2) is 8.71. The molecule has 0 radical (unpaired) electrons. The first-order valence-corrected chi connectivity index (χ1v) is 9.05. The topological polar surface area (TPSA) is 105 Å². The number of hydrogen-bond acceptors (Lipinski definition) is 6. The van der Waals surface area contributed by atoms with Crippen LogP contribution >= 0.6 is 11.6 Å². The highest BCUT2D eigenvalue weighted by Crippen LogP contribution is 2.37. The molecule has 0 atom stereocenters. The van der Waals surface area contributed by atoms with E-state index in [9.17, 15) is 19.5 Å². The molecule has 2 aromatic rings. The second-order valence-corrected chi connectivity index (χ2v) is 6.52. The highest BCUT2D eigenvalue weighted by atomic mass is 35.5. The van der Waals surface area contributed by atoms with Crippen molar-refractivity contribution in [2.75, 3.05) is 18.6 Å². The van der Waals surface area contributed by atoms with Crippen LogP contribution in [0.15, 0.2) is 54.6 Å². The number of carbonyl (C=O) groups is 3. The summed E-state index contributed by atoms with van der Waals surface area (Å²) in [6.45, 7) is 3.78. The Balaban J connectivity index is 2.01. The zero-order valence-corrected chi connectivity index (χ0v) is 16.6. The molecule has 2 aromatic carbocycles. The fourth-order valence-corrected chi connectivity index (χ4v) is 3.04. The number of methoxy groups -OCH3 is 1. The Kier molecular flexibility index (Phi) is 6.08. The highest BCUT2D eigenvalue weighted by molar-refractivity contribution is 6.39. The van der Waals surface area contributed by atoms with Gasteiger partial charge in [0.2, 0.25) is 0 Å². The predicted octanol–water partition coefficient (Wildman–Crippen LogP) is 3.29. The van der Waals surface area contributed by atoms with Crippen molar-refractivity contribution >= 4 is 41.2 Å². The number of hydrogen-bond donors (Lipinski definition) is 2. The zero-order chi connectivity index (χ0) is 21.8. The minimum atomic E-state index is -0.892. The molecule has 9 heteroatoms. The van der Waals surface area contributed by atoms with Gasteiger partial charge in [-0.05, 0) is 48.0 Å². The number of carbonyl (C=O) groups excluding carboxylic acids is 3. The molecule has 154 valence electrons. The van der Waals surface area contributed by atoms with Crippen LogP contribution in [0.1, 0.15) is 5.56 Å². The van der Waals surface area contributed by atoms with Crippen molar-refractivity contribution in [2.45, 2.75) is 0 Å². The molecule has 1 heterocycles. The smallest absolute Gasteiger partial charge is 0.335 e. The maximum Gasteiger partial charge on any atom is 0.335 e. The molecule has 0 aliphatic carbocycles. The average Bonchev–Trinajstić information content (AvgIpc) is 2.71. The number of imide groups is 2. The van der Waals surface area contributed by atoms with Crippen LogP contribution in [0.5, 0.6) is 17.2 Å². The fourth-order valence-electron chi connectivity index (χ4n) is 2.77. The molecule has 8 nitrogen and oxygen atoms in total. The summed E-state index contributed by atoms with van der Waals surface area (Å²) in [5.41, 5.74) is 0.305. The Hall–Kier alpha value is -3.78. The van der Waals surface area contributed by atoms with Crippen molar-refractivity contribution in [3.05, 3.63) is 65.2 Å². The highest BCUT2D eigenvalue weighted by Gasteiger charge is 2.36. The summed E-state index contributed by atoms with van der Waals surface area (Å²) in [6.07, 6.45) is 2.84. The van der Waals surface area contributed by atoms with Gasteiger partial charge in [0, 0.05) is 0 Å². The molecular formula is C21H17ClN2O6. The standard InChI is InChI=1S/C21H17ClN2O6/c1-3-8-30-18-16(22)10-12(11-17(18)29-2)9-15-19(26)23-21(28)24(20(15)27)13-4-6-14(25)7-5-13/h3-7,9-11,25H,1,8H2,2H3,(H,23,26,28). The molecule has 30 heavy (non-hydrogen) atoms. The number of anilines is 1. The monoisotopic (exact) mass is 428 g/mol. The molecule has 0 aromatic heterocycles. The number of phenols is 1. The van der Waals surface area contributed by atoms with E-state index in [2.05, 4.69) is 11.9 Å². The van der Waals surface area contributed by atoms with Crippen molar-refractivity contribution in [1.29, 1.82) is 0 Å². The van der Waals surface area contributed by atoms with Crippen LogP contribution in [0.25, 0.3) is 6.08 Å². The summed E-state index contributed by atoms with van der Waals surface area (Å²) in [6, 6.07) is 7.55. The number of nitrogens with zero attached hydrogens (tertiary/aromatic N) is 1. The molecule has 3 rings (SSSR count). The molecule has 1 fully saturated rings. The third kappa shape index (κ3) is 4.13. The number of ether oxygens (including phenoxy) is 2. The second-order valence-electron chi connectivity index (χ2n) is 6.11. The van der Waals surface area contributed by atoms with Gasteiger partial charge in [-0.1, -0.05) is 24.3 Å². The lowest BCUT2D eigenvalue weighted by molar-refractivity contribution is -0.122. The summed E-state index contributed by atoms with van der Waals surface area (Å²) < 4.78 is 10.8. The molecule has 0 spiro atoms. The molecule has 0 saturated carbocycles. The first-order chi connectivity index (χ1) is 14.3. The molecule has 1 aliphatic heterocycles. The van der Waals surface area contributed by atoms with E-state index in [1.54, 1.807) is 12.1 Å². The SMILES string of the molecule is C=CCOc1c(Cl)cc(C=C2C(=O)NC(=O)N(c3ccc(O)cc3)C2=O)cc1OC. The first kappa shape index (κ1) is 20.9. The van der Waals surface area contributed by atoms with Gasteiger partial charge in [0.1, 0.15) is 17.9 Å². The number of halogens is 1. The van der Waals surface area contributed by atoms with Gasteiger partial charge < -0.3 is 14.6 Å². The van der Waals surface area contributed by atoms with Crippen molar-refractivity contribution in [2.24, 2.45) is 0 Å². The quantitative estimate of drug-likeness (QED) is 0.415. The first-order valence-electron chi connectivity index (χ1n) is 8.67. The normalized spacial score (nSPS) is 15.2. The Labute approximate surface area is 177 Å². The molecule has 0 bridgehead atoms. The maximum atomic E-state index is 12.9. The molecule has 1 saturated heterocycles. The Morgan fingerprint density at radius 1 is 1.20 bits per heavy atom. The third-order valence-corrected chi connectivity index (χ3v) is 4.40. The van der Waals surface area contributed by atoms with E-state index in [0.717, 1.165) is 4.90 Å². The van der Waals surface area contributed by atoms with Gasteiger partial charge in [-0.15, -0.1) is 0 Å². The van der Waals surface area contributed by atoms with E-state index < -0.39 is 17.8 Å². The van der Waals surface area contributed by atoms with E-state index in [-0.39, 0.29) is 28.6 Å². The summed E-state index contributed by atoms with van der Waals surface area (Å²) in [7, 11) is 1.42. The van der Waals surface area contributed by atoms with Gasteiger partial charge >= 0.3 is 6.03 Å². The molecule has 2 N–H and O–H groups in total. The van der Waals surface area contributed by atoms with Crippen LogP contribution in [0.4, 0.5) is 10.5 Å².